The number of carbonyl (C=O) groups excluding carboxylic acids is 3. The van der Waals surface area contributed by atoms with Gasteiger partial charge in [0.1, 0.15) is 13.2 Å². The second-order valence-electron chi connectivity index (χ2n) is 21.3. The van der Waals surface area contributed by atoms with E-state index in [1.165, 1.54) is 122 Å². The van der Waals surface area contributed by atoms with Gasteiger partial charge in [-0.2, -0.15) is 0 Å². The fourth-order valence-electron chi connectivity index (χ4n) is 8.93. The molecule has 0 fully saturated rings. The van der Waals surface area contributed by atoms with Gasteiger partial charge in [-0.3, -0.25) is 14.4 Å². The van der Waals surface area contributed by atoms with Gasteiger partial charge in [0.2, 0.25) is 0 Å². The Morgan fingerprint density at radius 1 is 0.273 bits per heavy atom. The first-order valence-corrected chi connectivity index (χ1v) is 32.4. The molecular weight excluding hydrogens is 949 g/mol. The SMILES string of the molecule is CC/C=C\C/C=C\C/C=C\C/C=C\C/C=C\C/C=C\C/C=C\CCCCCCCCCCCC(=O)OCC(COC(=O)CCCCCCC/C=C\C/C=C\CCC)OC(=O)CCCCCCCCCCCCCCCCC. The summed E-state index contributed by atoms with van der Waals surface area (Å²) in [6, 6.07) is 0. The van der Waals surface area contributed by atoms with Crippen LogP contribution >= 0.6 is 0 Å². The average Bonchev–Trinajstić information content (AvgIpc) is 3.43. The van der Waals surface area contributed by atoms with Crippen LogP contribution < -0.4 is 0 Å². The lowest BCUT2D eigenvalue weighted by Crippen LogP contribution is -2.30. The van der Waals surface area contributed by atoms with E-state index in [4.69, 9.17) is 14.2 Å². The molecule has 440 valence electrons. The van der Waals surface area contributed by atoms with Crippen molar-refractivity contribution in [2.45, 2.75) is 309 Å². The molecule has 6 heteroatoms. The summed E-state index contributed by atoms with van der Waals surface area (Å²) in [6.45, 7) is 6.47. The molecule has 6 nitrogen and oxygen atoms in total. The summed E-state index contributed by atoms with van der Waals surface area (Å²) in [5, 5.41) is 0. The maximum Gasteiger partial charge on any atom is 0.306 e. The molecule has 0 saturated carbocycles. The van der Waals surface area contributed by atoms with Gasteiger partial charge in [-0.1, -0.05) is 291 Å². The molecule has 0 rings (SSSR count). The van der Waals surface area contributed by atoms with Crippen molar-refractivity contribution in [3.8, 4) is 0 Å². The van der Waals surface area contributed by atoms with Crippen molar-refractivity contribution in [3.63, 3.8) is 0 Å². The van der Waals surface area contributed by atoms with Crippen molar-refractivity contribution in [3.05, 3.63) is 109 Å². The molecule has 0 aromatic carbocycles. The minimum Gasteiger partial charge on any atom is -0.462 e. The van der Waals surface area contributed by atoms with Gasteiger partial charge in [-0.15, -0.1) is 0 Å². The summed E-state index contributed by atoms with van der Waals surface area (Å²) in [5.41, 5.74) is 0. The molecule has 0 aromatic rings. The van der Waals surface area contributed by atoms with E-state index in [0.29, 0.717) is 19.3 Å². The van der Waals surface area contributed by atoms with Crippen molar-refractivity contribution in [2.24, 2.45) is 0 Å². The summed E-state index contributed by atoms with van der Waals surface area (Å²) in [6.07, 6.45) is 88.1. The van der Waals surface area contributed by atoms with Crippen molar-refractivity contribution in [1.29, 1.82) is 0 Å². The Morgan fingerprint density at radius 3 is 0.844 bits per heavy atom. The first-order valence-electron chi connectivity index (χ1n) is 32.4. The molecule has 0 radical (unpaired) electrons. The van der Waals surface area contributed by atoms with Crippen molar-refractivity contribution < 1.29 is 28.6 Å². The van der Waals surface area contributed by atoms with E-state index in [2.05, 4.69) is 130 Å². The van der Waals surface area contributed by atoms with Gasteiger partial charge in [0, 0.05) is 19.3 Å². The van der Waals surface area contributed by atoms with Crippen molar-refractivity contribution >= 4 is 17.9 Å². The molecule has 1 unspecified atom stereocenters. The Hall–Kier alpha value is -3.93. The highest BCUT2D eigenvalue weighted by Gasteiger charge is 2.19. The van der Waals surface area contributed by atoms with Gasteiger partial charge in [0.15, 0.2) is 6.10 Å². The van der Waals surface area contributed by atoms with Crippen LogP contribution in [0.5, 0.6) is 0 Å². The molecule has 0 N–H and O–H groups in total. The largest absolute Gasteiger partial charge is 0.462 e. The third-order valence-electron chi connectivity index (χ3n) is 13.7. The molecule has 0 aliphatic heterocycles. The number of hydrogen-bond donors (Lipinski definition) is 0. The number of rotatable bonds is 58. The van der Waals surface area contributed by atoms with Crippen LogP contribution in [0.4, 0.5) is 0 Å². The predicted molar refractivity (Wildman–Crippen MR) is 334 cm³/mol. The maximum absolute atomic E-state index is 12.9. The molecule has 77 heavy (non-hydrogen) atoms. The van der Waals surface area contributed by atoms with Gasteiger partial charge in [-0.25, -0.2) is 0 Å². The minimum atomic E-state index is -0.786. The van der Waals surface area contributed by atoms with Gasteiger partial charge in [0.05, 0.1) is 0 Å². The highest BCUT2D eigenvalue weighted by Crippen LogP contribution is 2.16. The van der Waals surface area contributed by atoms with Crippen LogP contribution in [0.15, 0.2) is 109 Å². The van der Waals surface area contributed by atoms with Crippen molar-refractivity contribution in [1.82, 2.24) is 0 Å². The topological polar surface area (TPSA) is 78.9 Å². The molecule has 1 atom stereocenters. The molecule has 0 aliphatic carbocycles. The average molecular weight is 1070 g/mol. The second kappa shape index (κ2) is 64.6. The van der Waals surface area contributed by atoms with Crippen LogP contribution in [0.2, 0.25) is 0 Å². The second-order valence-corrected chi connectivity index (χ2v) is 21.3. The van der Waals surface area contributed by atoms with Gasteiger partial charge in [0.25, 0.3) is 0 Å². The van der Waals surface area contributed by atoms with E-state index in [1.807, 2.05) is 0 Å². The lowest BCUT2D eigenvalue weighted by molar-refractivity contribution is -0.167. The summed E-state index contributed by atoms with van der Waals surface area (Å²) in [4.78, 5) is 38.3. The minimum absolute atomic E-state index is 0.0839. The highest BCUT2D eigenvalue weighted by atomic mass is 16.6. The summed E-state index contributed by atoms with van der Waals surface area (Å²) in [7, 11) is 0. The van der Waals surface area contributed by atoms with E-state index in [0.717, 1.165) is 141 Å². The molecule has 0 aliphatic rings. The molecule has 0 spiro atoms. The Bertz CT molecular complexity index is 1560. The highest BCUT2D eigenvalue weighted by molar-refractivity contribution is 5.71. The molecule has 0 aromatic heterocycles. The zero-order valence-electron chi connectivity index (χ0n) is 50.4. The van der Waals surface area contributed by atoms with Crippen LogP contribution in [0.25, 0.3) is 0 Å². The summed E-state index contributed by atoms with van der Waals surface area (Å²) < 4.78 is 16.9. The fourth-order valence-corrected chi connectivity index (χ4v) is 8.93. The quantitative estimate of drug-likeness (QED) is 0.0261. The first kappa shape index (κ1) is 73.1. The third kappa shape index (κ3) is 62.8. The number of esters is 3. The molecule has 0 bridgehead atoms. The van der Waals surface area contributed by atoms with Crippen LogP contribution in [0, 0.1) is 0 Å². The van der Waals surface area contributed by atoms with E-state index < -0.39 is 6.10 Å². The van der Waals surface area contributed by atoms with Gasteiger partial charge < -0.3 is 14.2 Å². The number of unbranched alkanes of at least 4 members (excludes halogenated alkanes) is 29. The zero-order valence-corrected chi connectivity index (χ0v) is 50.4. The molecule has 0 heterocycles. The summed E-state index contributed by atoms with van der Waals surface area (Å²) in [5.74, 6) is -0.894. The zero-order chi connectivity index (χ0) is 55.7. The van der Waals surface area contributed by atoms with Gasteiger partial charge in [-0.05, 0) is 103 Å². The standard InChI is InChI=1S/C71H120O6/c1-4-7-10-13-16-19-22-25-27-28-29-30-31-32-33-34-35-36-37-38-39-40-41-42-44-46-49-52-55-58-61-64-70(73)76-67-68(66-75-69(72)63-60-57-54-51-48-45-24-21-18-15-12-9-6-3)77-71(74)65-62-59-56-53-50-47-43-26-23-20-17-14-11-8-5-2/h7,10,12,15-16,19,21,24-25,27,29-30,32-33,35-36,38-39,68H,4-6,8-9,11,13-14,17-18,20,22-23,26,28,31,34,37,40-67H2,1-3H3/b10-7-,15-12-,19-16-,24-21-,27-25-,30-29-,33-32-,36-35-,39-38-. The Kier molecular flexibility index (Phi) is 61.3. The van der Waals surface area contributed by atoms with Crippen LogP contribution in [-0.2, 0) is 28.6 Å². The Balaban J connectivity index is 4.26. The van der Waals surface area contributed by atoms with E-state index >= 15 is 0 Å². The van der Waals surface area contributed by atoms with E-state index in [9.17, 15) is 14.4 Å². The van der Waals surface area contributed by atoms with Crippen LogP contribution in [0.1, 0.15) is 303 Å². The smallest absolute Gasteiger partial charge is 0.306 e. The number of ether oxygens (including phenoxy) is 3. The van der Waals surface area contributed by atoms with Crippen LogP contribution in [0.3, 0.4) is 0 Å². The Morgan fingerprint density at radius 2 is 0.532 bits per heavy atom. The number of allylic oxidation sites excluding steroid dienone is 18. The Labute approximate surface area is 476 Å². The molecule has 0 amide bonds. The maximum atomic E-state index is 12.9. The lowest BCUT2D eigenvalue weighted by Gasteiger charge is -2.18. The number of hydrogen-bond acceptors (Lipinski definition) is 6. The summed E-state index contributed by atoms with van der Waals surface area (Å²) >= 11 is 0. The van der Waals surface area contributed by atoms with Crippen molar-refractivity contribution in [2.75, 3.05) is 13.2 Å². The molecular formula is C71H120O6. The number of carbonyl (C=O) groups is 3. The monoisotopic (exact) mass is 1070 g/mol. The van der Waals surface area contributed by atoms with Gasteiger partial charge >= 0.3 is 17.9 Å². The fraction of sp³-hybridized carbons (Fsp3) is 0.704. The van der Waals surface area contributed by atoms with E-state index in [1.54, 1.807) is 0 Å². The first-order chi connectivity index (χ1) is 38.0. The van der Waals surface area contributed by atoms with Crippen LogP contribution in [-0.4, -0.2) is 37.2 Å². The molecule has 0 saturated heterocycles. The normalized spacial score (nSPS) is 12.8. The predicted octanol–water partition coefficient (Wildman–Crippen LogP) is 22.2. The third-order valence-corrected chi connectivity index (χ3v) is 13.7. The van der Waals surface area contributed by atoms with E-state index in [-0.39, 0.29) is 31.1 Å². The lowest BCUT2D eigenvalue weighted by atomic mass is 10.0.